The standard InChI is InChI=1S/C9H8FNOS/c1-13(12)8-5-11-7-4-2-3-6(10)9(7)8/h2-5,11H,1H3. The minimum absolute atomic E-state index is 0.330. The molecule has 1 N–H and O–H groups in total. The average Bonchev–Trinajstić information content (AvgIpc) is 2.49. The molecule has 0 saturated heterocycles. The maximum absolute atomic E-state index is 13.3. The minimum Gasteiger partial charge on any atom is -0.360 e. The first-order chi connectivity index (χ1) is 6.20. The maximum Gasteiger partial charge on any atom is 0.133 e. The van der Waals surface area contributed by atoms with Gasteiger partial charge in [0, 0.05) is 18.0 Å². The van der Waals surface area contributed by atoms with E-state index in [4.69, 9.17) is 0 Å². The van der Waals surface area contributed by atoms with Gasteiger partial charge in [-0.1, -0.05) is 6.07 Å². The number of fused-ring (bicyclic) bond motifs is 1. The molecule has 4 heteroatoms. The quantitative estimate of drug-likeness (QED) is 0.745. The smallest absolute Gasteiger partial charge is 0.133 e. The van der Waals surface area contributed by atoms with Crippen LogP contribution in [0.25, 0.3) is 10.9 Å². The van der Waals surface area contributed by atoms with Crippen molar-refractivity contribution in [2.45, 2.75) is 4.90 Å². The summed E-state index contributed by atoms with van der Waals surface area (Å²) in [5, 5.41) is 0.434. The van der Waals surface area contributed by atoms with E-state index in [0.29, 0.717) is 15.8 Å². The van der Waals surface area contributed by atoms with Crippen LogP contribution in [0.5, 0.6) is 0 Å². The molecule has 0 aliphatic carbocycles. The molecule has 0 aliphatic rings. The van der Waals surface area contributed by atoms with Gasteiger partial charge in [0.2, 0.25) is 0 Å². The lowest BCUT2D eigenvalue weighted by Crippen LogP contribution is -1.86. The lowest BCUT2D eigenvalue weighted by Gasteiger charge is -1.94. The average molecular weight is 197 g/mol. The number of nitrogens with one attached hydrogen (secondary N) is 1. The fourth-order valence-electron chi connectivity index (χ4n) is 1.34. The molecular weight excluding hydrogens is 189 g/mol. The van der Waals surface area contributed by atoms with Crippen LogP contribution in [0.3, 0.4) is 0 Å². The number of aromatic amines is 1. The SMILES string of the molecule is CS(=O)c1c[nH]c2cccc(F)c12. The first-order valence-corrected chi connectivity index (χ1v) is 5.35. The third-order valence-electron chi connectivity index (χ3n) is 1.93. The zero-order valence-electron chi connectivity index (χ0n) is 7.00. The molecule has 2 aromatic rings. The Morgan fingerprint density at radius 2 is 2.23 bits per heavy atom. The first kappa shape index (κ1) is 8.44. The number of halogens is 1. The summed E-state index contributed by atoms with van der Waals surface area (Å²) in [5.74, 6) is -0.330. The topological polar surface area (TPSA) is 32.9 Å². The number of rotatable bonds is 1. The van der Waals surface area contributed by atoms with Crippen LogP contribution >= 0.6 is 0 Å². The van der Waals surface area contributed by atoms with Crippen molar-refractivity contribution in [1.29, 1.82) is 0 Å². The molecule has 0 amide bonds. The third-order valence-corrected chi connectivity index (χ3v) is 2.87. The highest BCUT2D eigenvalue weighted by Gasteiger charge is 2.10. The number of aromatic nitrogens is 1. The molecule has 13 heavy (non-hydrogen) atoms. The van der Waals surface area contributed by atoms with Gasteiger partial charge in [-0.25, -0.2) is 4.39 Å². The van der Waals surface area contributed by atoms with Crippen LogP contribution < -0.4 is 0 Å². The molecule has 0 radical (unpaired) electrons. The summed E-state index contributed by atoms with van der Waals surface area (Å²) in [6.07, 6.45) is 3.12. The summed E-state index contributed by atoms with van der Waals surface area (Å²) in [6.45, 7) is 0. The summed E-state index contributed by atoms with van der Waals surface area (Å²) in [6, 6.07) is 4.75. The van der Waals surface area contributed by atoms with Crippen LogP contribution in [-0.2, 0) is 10.8 Å². The van der Waals surface area contributed by atoms with Gasteiger partial charge in [-0.15, -0.1) is 0 Å². The summed E-state index contributed by atoms with van der Waals surface area (Å²) < 4.78 is 24.5. The van der Waals surface area contributed by atoms with E-state index in [1.165, 1.54) is 12.3 Å². The molecule has 68 valence electrons. The number of benzene rings is 1. The van der Waals surface area contributed by atoms with Crippen molar-refractivity contribution in [1.82, 2.24) is 4.98 Å². The number of H-pyrrole nitrogens is 1. The number of hydrogen-bond donors (Lipinski definition) is 1. The van der Waals surface area contributed by atoms with Crippen molar-refractivity contribution in [3.8, 4) is 0 Å². The molecule has 0 bridgehead atoms. The van der Waals surface area contributed by atoms with E-state index in [2.05, 4.69) is 4.98 Å². The Labute approximate surface area is 77.2 Å². The summed E-state index contributed by atoms with van der Waals surface area (Å²) in [7, 11) is -1.15. The normalized spacial score (nSPS) is 13.4. The van der Waals surface area contributed by atoms with Gasteiger partial charge in [0.15, 0.2) is 0 Å². The second-order valence-corrected chi connectivity index (χ2v) is 4.12. The lowest BCUT2D eigenvalue weighted by molar-refractivity contribution is 0.637. The Morgan fingerprint density at radius 3 is 2.92 bits per heavy atom. The molecule has 1 heterocycles. The van der Waals surface area contributed by atoms with E-state index < -0.39 is 10.8 Å². The Balaban J connectivity index is 2.86. The van der Waals surface area contributed by atoms with E-state index in [9.17, 15) is 8.60 Å². The van der Waals surface area contributed by atoms with Crippen LogP contribution in [0.2, 0.25) is 0 Å². The van der Waals surface area contributed by atoms with Crippen molar-refractivity contribution in [3.63, 3.8) is 0 Å². The second-order valence-electron chi connectivity index (χ2n) is 2.77. The van der Waals surface area contributed by atoms with Crippen molar-refractivity contribution >= 4 is 21.7 Å². The molecular formula is C9H8FNOS. The first-order valence-electron chi connectivity index (χ1n) is 3.79. The van der Waals surface area contributed by atoms with Gasteiger partial charge in [-0.3, -0.25) is 4.21 Å². The Bertz CT molecular complexity index is 477. The summed E-state index contributed by atoms with van der Waals surface area (Å²) in [5.41, 5.74) is 0.685. The van der Waals surface area contributed by atoms with Crippen LogP contribution in [-0.4, -0.2) is 15.4 Å². The zero-order chi connectivity index (χ0) is 9.42. The Kier molecular flexibility index (Phi) is 1.92. The van der Waals surface area contributed by atoms with Crippen LogP contribution in [0.15, 0.2) is 29.3 Å². The fraction of sp³-hybridized carbons (Fsp3) is 0.111. The molecule has 0 aliphatic heterocycles. The van der Waals surface area contributed by atoms with Crippen molar-refractivity contribution in [3.05, 3.63) is 30.2 Å². The fourth-order valence-corrected chi connectivity index (χ4v) is 2.06. The van der Waals surface area contributed by atoms with E-state index in [0.717, 1.165) is 0 Å². The van der Waals surface area contributed by atoms with Gasteiger partial charge in [-0.05, 0) is 12.1 Å². The Hall–Kier alpha value is -1.16. The van der Waals surface area contributed by atoms with Crippen molar-refractivity contribution < 1.29 is 8.60 Å². The van der Waals surface area contributed by atoms with Crippen LogP contribution in [0.4, 0.5) is 4.39 Å². The van der Waals surface area contributed by atoms with Crippen LogP contribution in [0.1, 0.15) is 0 Å². The van der Waals surface area contributed by atoms with Gasteiger partial charge >= 0.3 is 0 Å². The molecule has 1 atom stereocenters. The minimum atomic E-state index is -1.15. The van der Waals surface area contributed by atoms with E-state index >= 15 is 0 Å². The van der Waals surface area contributed by atoms with Gasteiger partial charge < -0.3 is 4.98 Å². The molecule has 0 fully saturated rings. The predicted octanol–water partition coefficient (Wildman–Crippen LogP) is 2.04. The highest BCUT2D eigenvalue weighted by molar-refractivity contribution is 7.84. The Morgan fingerprint density at radius 1 is 1.46 bits per heavy atom. The van der Waals surface area contributed by atoms with E-state index in [1.54, 1.807) is 18.3 Å². The van der Waals surface area contributed by atoms with E-state index in [-0.39, 0.29) is 5.82 Å². The molecule has 1 unspecified atom stereocenters. The molecule has 0 saturated carbocycles. The zero-order valence-corrected chi connectivity index (χ0v) is 7.82. The monoisotopic (exact) mass is 197 g/mol. The van der Waals surface area contributed by atoms with Gasteiger partial charge in [0.05, 0.1) is 21.1 Å². The third kappa shape index (κ3) is 1.27. The molecule has 2 rings (SSSR count). The highest BCUT2D eigenvalue weighted by atomic mass is 32.2. The molecule has 1 aromatic carbocycles. The van der Waals surface area contributed by atoms with Gasteiger partial charge in [-0.2, -0.15) is 0 Å². The molecule has 2 nitrogen and oxygen atoms in total. The lowest BCUT2D eigenvalue weighted by atomic mass is 10.2. The molecule has 0 spiro atoms. The van der Waals surface area contributed by atoms with Crippen molar-refractivity contribution in [2.75, 3.05) is 6.26 Å². The number of hydrogen-bond acceptors (Lipinski definition) is 1. The van der Waals surface area contributed by atoms with Crippen molar-refractivity contribution in [2.24, 2.45) is 0 Å². The predicted molar refractivity (Wildman–Crippen MR) is 50.6 cm³/mol. The van der Waals surface area contributed by atoms with Gasteiger partial charge in [0.25, 0.3) is 0 Å². The largest absolute Gasteiger partial charge is 0.360 e. The maximum atomic E-state index is 13.3. The van der Waals surface area contributed by atoms with Crippen LogP contribution in [0, 0.1) is 5.82 Å². The van der Waals surface area contributed by atoms with E-state index in [1.807, 2.05) is 0 Å². The molecule has 1 aromatic heterocycles. The highest BCUT2D eigenvalue weighted by Crippen LogP contribution is 2.23. The summed E-state index contributed by atoms with van der Waals surface area (Å²) in [4.78, 5) is 3.40. The summed E-state index contributed by atoms with van der Waals surface area (Å²) >= 11 is 0. The van der Waals surface area contributed by atoms with Gasteiger partial charge in [0.1, 0.15) is 5.82 Å². The second kappa shape index (κ2) is 2.96.